The quantitative estimate of drug-likeness (QED) is 0.767. The van der Waals surface area contributed by atoms with Crippen LogP contribution >= 0.6 is 11.6 Å². The van der Waals surface area contributed by atoms with E-state index >= 15 is 0 Å². The van der Waals surface area contributed by atoms with E-state index in [0.717, 1.165) is 21.6 Å². The minimum Gasteiger partial charge on any atom is -0.356 e. The molecule has 1 amide bonds. The van der Waals surface area contributed by atoms with E-state index < -0.39 is 0 Å². The molecule has 0 bridgehead atoms. The van der Waals surface area contributed by atoms with Crippen LogP contribution in [-0.2, 0) is 11.3 Å². The van der Waals surface area contributed by atoms with Crippen LogP contribution in [0.15, 0.2) is 24.3 Å². The van der Waals surface area contributed by atoms with E-state index in [2.05, 4.69) is 29.5 Å². The molecule has 1 aromatic heterocycles. The lowest BCUT2D eigenvalue weighted by Crippen LogP contribution is -2.35. The maximum atomic E-state index is 11.6. The molecule has 0 fully saturated rings. The van der Waals surface area contributed by atoms with Gasteiger partial charge in [0.15, 0.2) is 0 Å². The van der Waals surface area contributed by atoms with Crippen LogP contribution in [0.25, 0.3) is 10.9 Å². The molecule has 3 N–H and O–H groups in total. The highest BCUT2D eigenvalue weighted by atomic mass is 35.5. The van der Waals surface area contributed by atoms with Gasteiger partial charge in [0, 0.05) is 29.7 Å². The summed E-state index contributed by atoms with van der Waals surface area (Å²) in [5.74, 6) is 0.466. The Morgan fingerprint density at radius 1 is 1.35 bits per heavy atom. The first-order valence-electron chi connectivity index (χ1n) is 6.80. The highest BCUT2D eigenvalue weighted by Gasteiger charge is 2.09. The number of carbonyl (C=O) groups excluding carboxylic acids is 1. The third-order valence-electron chi connectivity index (χ3n) is 3.01. The second-order valence-corrected chi connectivity index (χ2v) is 5.64. The van der Waals surface area contributed by atoms with Crippen LogP contribution in [0, 0.1) is 5.92 Å². The summed E-state index contributed by atoms with van der Waals surface area (Å²) in [6.07, 6.45) is 0. The molecule has 0 aliphatic carbocycles. The number of fused-ring (bicyclic) bond motifs is 1. The monoisotopic (exact) mass is 293 g/mol. The van der Waals surface area contributed by atoms with E-state index in [-0.39, 0.29) is 5.91 Å². The molecule has 1 aromatic carbocycles. The van der Waals surface area contributed by atoms with Gasteiger partial charge < -0.3 is 15.6 Å². The fourth-order valence-electron chi connectivity index (χ4n) is 1.97. The maximum absolute atomic E-state index is 11.6. The number of carbonyl (C=O) groups is 1. The van der Waals surface area contributed by atoms with Crippen molar-refractivity contribution in [1.29, 1.82) is 0 Å². The Bertz CT molecular complexity index is 592. The number of amides is 1. The van der Waals surface area contributed by atoms with Crippen LogP contribution in [0.4, 0.5) is 0 Å². The van der Waals surface area contributed by atoms with E-state index in [4.69, 9.17) is 11.6 Å². The summed E-state index contributed by atoms with van der Waals surface area (Å²) in [6.45, 7) is 5.67. The average molecular weight is 294 g/mol. The summed E-state index contributed by atoms with van der Waals surface area (Å²) >= 11 is 6.30. The third kappa shape index (κ3) is 3.74. The lowest BCUT2D eigenvalue weighted by atomic mass is 10.2. The number of aromatic amines is 1. The first kappa shape index (κ1) is 14.9. The van der Waals surface area contributed by atoms with Gasteiger partial charge in [-0.3, -0.25) is 4.79 Å². The number of hydrogen-bond donors (Lipinski definition) is 3. The lowest BCUT2D eigenvalue weighted by Gasteiger charge is -2.08. The van der Waals surface area contributed by atoms with E-state index in [9.17, 15) is 4.79 Å². The molecule has 4 nitrogen and oxygen atoms in total. The Hall–Kier alpha value is -1.52. The predicted octanol–water partition coefficient (Wildman–Crippen LogP) is 2.68. The molecule has 1 heterocycles. The average Bonchev–Trinajstić information content (AvgIpc) is 2.74. The van der Waals surface area contributed by atoms with E-state index in [0.29, 0.717) is 25.6 Å². The van der Waals surface area contributed by atoms with Crippen LogP contribution in [0.5, 0.6) is 0 Å². The Labute approximate surface area is 123 Å². The van der Waals surface area contributed by atoms with Gasteiger partial charge in [-0.1, -0.05) is 43.6 Å². The number of para-hydroxylation sites is 1. The number of aromatic nitrogens is 1. The topological polar surface area (TPSA) is 56.9 Å². The number of hydrogen-bond acceptors (Lipinski definition) is 2. The minimum absolute atomic E-state index is 0.00549. The van der Waals surface area contributed by atoms with Gasteiger partial charge in [0.25, 0.3) is 0 Å². The van der Waals surface area contributed by atoms with Crippen molar-refractivity contribution >= 4 is 28.4 Å². The molecule has 0 aliphatic heterocycles. The molecule has 108 valence electrons. The van der Waals surface area contributed by atoms with Crippen LogP contribution < -0.4 is 10.6 Å². The zero-order chi connectivity index (χ0) is 14.5. The van der Waals surface area contributed by atoms with Gasteiger partial charge in [-0.15, -0.1) is 0 Å². The van der Waals surface area contributed by atoms with Gasteiger partial charge in [-0.25, -0.2) is 0 Å². The fraction of sp³-hybridized carbons (Fsp3) is 0.400. The predicted molar refractivity (Wildman–Crippen MR) is 82.9 cm³/mol. The Kier molecular flexibility index (Phi) is 5.04. The molecule has 20 heavy (non-hydrogen) atoms. The Morgan fingerprint density at radius 2 is 2.10 bits per heavy atom. The SMILES string of the molecule is CC(C)CNC(=O)CNCc1[nH]c2ccccc2c1Cl. The van der Waals surface area contributed by atoms with Crippen molar-refractivity contribution in [3.63, 3.8) is 0 Å². The highest BCUT2D eigenvalue weighted by Crippen LogP contribution is 2.26. The van der Waals surface area contributed by atoms with Gasteiger partial charge in [-0.2, -0.15) is 0 Å². The van der Waals surface area contributed by atoms with E-state index in [1.807, 2.05) is 24.3 Å². The Balaban J connectivity index is 1.87. The fourth-order valence-corrected chi connectivity index (χ4v) is 2.25. The van der Waals surface area contributed by atoms with E-state index in [1.165, 1.54) is 0 Å². The zero-order valence-electron chi connectivity index (χ0n) is 11.8. The van der Waals surface area contributed by atoms with Crippen molar-refractivity contribution in [2.24, 2.45) is 5.92 Å². The number of nitrogens with one attached hydrogen (secondary N) is 3. The van der Waals surface area contributed by atoms with Crippen LogP contribution in [0.3, 0.4) is 0 Å². The maximum Gasteiger partial charge on any atom is 0.233 e. The van der Waals surface area contributed by atoms with Gasteiger partial charge >= 0.3 is 0 Å². The third-order valence-corrected chi connectivity index (χ3v) is 3.44. The molecule has 0 atom stereocenters. The number of halogens is 1. The molecule has 2 aromatic rings. The molecule has 2 rings (SSSR count). The Morgan fingerprint density at radius 3 is 2.80 bits per heavy atom. The second-order valence-electron chi connectivity index (χ2n) is 5.26. The molecule has 0 aliphatic rings. The first-order valence-corrected chi connectivity index (χ1v) is 7.18. The normalized spacial score (nSPS) is 11.2. The molecule has 0 spiro atoms. The molecule has 0 saturated carbocycles. The van der Waals surface area contributed by atoms with Crippen LogP contribution in [-0.4, -0.2) is 24.0 Å². The number of benzene rings is 1. The first-order chi connectivity index (χ1) is 9.58. The van der Waals surface area contributed by atoms with E-state index in [1.54, 1.807) is 0 Å². The summed E-state index contributed by atoms with van der Waals surface area (Å²) in [5, 5.41) is 7.69. The van der Waals surface area contributed by atoms with Crippen molar-refractivity contribution in [3.05, 3.63) is 35.0 Å². The molecule has 5 heteroatoms. The lowest BCUT2D eigenvalue weighted by molar-refractivity contribution is -0.120. The number of H-pyrrole nitrogens is 1. The van der Waals surface area contributed by atoms with Crippen molar-refractivity contribution < 1.29 is 4.79 Å². The number of rotatable bonds is 6. The van der Waals surface area contributed by atoms with Gasteiger partial charge in [0.2, 0.25) is 5.91 Å². The van der Waals surface area contributed by atoms with Gasteiger partial charge in [0.1, 0.15) is 0 Å². The van der Waals surface area contributed by atoms with Gasteiger partial charge in [-0.05, 0) is 12.0 Å². The van der Waals surface area contributed by atoms with Crippen LogP contribution in [0.1, 0.15) is 19.5 Å². The van der Waals surface area contributed by atoms with Crippen LogP contribution in [0.2, 0.25) is 5.02 Å². The summed E-state index contributed by atoms with van der Waals surface area (Å²) in [7, 11) is 0. The second kappa shape index (κ2) is 6.77. The molecule has 0 saturated heterocycles. The highest BCUT2D eigenvalue weighted by molar-refractivity contribution is 6.36. The zero-order valence-corrected chi connectivity index (χ0v) is 12.6. The smallest absolute Gasteiger partial charge is 0.233 e. The minimum atomic E-state index is 0.00549. The largest absolute Gasteiger partial charge is 0.356 e. The molecular formula is C15H20ClN3O. The van der Waals surface area contributed by atoms with Crippen molar-refractivity contribution in [2.75, 3.05) is 13.1 Å². The summed E-state index contributed by atoms with van der Waals surface area (Å²) in [4.78, 5) is 14.8. The van der Waals surface area contributed by atoms with Crippen molar-refractivity contribution in [2.45, 2.75) is 20.4 Å². The summed E-state index contributed by atoms with van der Waals surface area (Å²) in [6, 6.07) is 7.89. The molecule has 0 unspecified atom stereocenters. The standard InChI is InChI=1S/C15H20ClN3O/c1-10(2)7-18-14(20)9-17-8-13-15(16)11-5-3-4-6-12(11)19-13/h3-6,10,17,19H,7-9H2,1-2H3,(H,18,20). The van der Waals surface area contributed by atoms with Gasteiger partial charge in [0.05, 0.1) is 11.6 Å². The van der Waals surface area contributed by atoms with Crippen molar-refractivity contribution in [1.82, 2.24) is 15.6 Å². The summed E-state index contributed by atoms with van der Waals surface area (Å²) < 4.78 is 0. The summed E-state index contributed by atoms with van der Waals surface area (Å²) in [5.41, 5.74) is 1.92. The molecular weight excluding hydrogens is 274 g/mol. The molecule has 0 radical (unpaired) electrons. The van der Waals surface area contributed by atoms with Crippen molar-refractivity contribution in [3.8, 4) is 0 Å².